The number of guanidine groups is 2. The number of carboxylic acids is 2. The van der Waals surface area contributed by atoms with E-state index in [0.717, 1.165) is 7.05 Å². The molecule has 32 heavy (non-hydrogen) atoms. The lowest BCUT2D eigenvalue weighted by atomic mass is 10.2. The Kier molecular flexibility index (Phi) is 7.91. The summed E-state index contributed by atoms with van der Waals surface area (Å²) in [6.07, 6.45) is 0.332. The molecule has 0 saturated carbocycles. The lowest BCUT2D eigenvalue weighted by Crippen LogP contribution is -2.65. The molecule has 0 bridgehead atoms. The third-order valence-corrected chi connectivity index (χ3v) is 7.13. The number of nitrogens with zero attached hydrogens (tertiary/aromatic N) is 5. The smallest absolute Gasteiger partial charge is 0.442 e. The van der Waals surface area contributed by atoms with Crippen LogP contribution in [0.1, 0.15) is 5.69 Å². The number of quaternary nitrogens is 1. The van der Waals surface area contributed by atoms with Crippen molar-refractivity contribution in [3.05, 3.63) is 22.7 Å². The van der Waals surface area contributed by atoms with Crippen LogP contribution in [0, 0.1) is 0 Å². The summed E-state index contributed by atoms with van der Waals surface area (Å²) in [5.74, 6) is -3.93. The van der Waals surface area contributed by atoms with E-state index < -0.39 is 43.5 Å². The van der Waals surface area contributed by atoms with Crippen LogP contribution in [-0.2, 0) is 25.6 Å². The molecule has 1 unspecified atom stereocenters. The van der Waals surface area contributed by atoms with Crippen molar-refractivity contribution >= 4 is 68.1 Å². The SMILES string of the molecule is C[N+]1(NCCSCc2csc(N=C(N)N)n2)C(/C(=C\C(=O)O)C(=O)O)=NC(N)=NS1(=O)=O. The maximum absolute atomic E-state index is 12.7. The molecule has 174 valence electrons. The molecule has 1 atom stereocenters. The average Bonchev–Trinajstić information content (AvgIpc) is 3.08. The number of amidine groups is 1. The Balaban J connectivity index is 2.14. The lowest BCUT2D eigenvalue weighted by Gasteiger charge is -2.32. The molecule has 1 aliphatic heterocycles. The van der Waals surface area contributed by atoms with Gasteiger partial charge in [0.05, 0.1) is 12.2 Å². The summed E-state index contributed by atoms with van der Waals surface area (Å²) in [5.41, 5.74) is 18.5. The molecule has 1 aromatic rings. The van der Waals surface area contributed by atoms with Gasteiger partial charge in [0.25, 0.3) is 5.84 Å². The van der Waals surface area contributed by atoms with Gasteiger partial charge in [0, 0.05) is 23.0 Å². The molecule has 0 aromatic carbocycles. The minimum atomic E-state index is -4.48. The van der Waals surface area contributed by atoms with Crippen LogP contribution < -0.4 is 22.6 Å². The summed E-state index contributed by atoms with van der Waals surface area (Å²) in [6.45, 7) is 0.0553. The van der Waals surface area contributed by atoms with Crippen molar-refractivity contribution in [2.75, 3.05) is 19.3 Å². The van der Waals surface area contributed by atoms with E-state index in [9.17, 15) is 23.1 Å². The maximum atomic E-state index is 12.7. The number of nitrogens with one attached hydrogen (secondary N) is 1. The molecule has 0 amide bonds. The fourth-order valence-corrected chi connectivity index (χ4v) is 4.96. The molecule has 0 radical (unpaired) electrons. The number of carbonyl (C=O) groups is 2. The Morgan fingerprint density at radius 3 is 2.66 bits per heavy atom. The van der Waals surface area contributed by atoms with Gasteiger partial charge in [-0.05, 0) is 0 Å². The van der Waals surface area contributed by atoms with Crippen LogP contribution in [-0.4, -0.2) is 76.7 Å². The Hall–Kier alpha value is -3.06. The van der Waals surface area contributed by atoms with Crippen molar-refractivity contribution in [2.24, 2.45) is 31.6 Å². The number of aliphatic carboxylic acids is 2. The van der Waals surface area contributed by atoms with E-state index in [-0.39, 0.29) is 12.5 Å². The van der Waals surface area contributed by atoms with Gasteiger partial charge < -0.3 is 27.4 Å². The minimum absolute atomic E-state index is 0.0553. The zero-order valence-electron chi connectivity index (χ0n) is 16.5. The summed E-state index contributed by atoms with van der Waals surface area (Å²) in [4.78, 5) is 34.4. The Morgan fingerprint density at radius 1 is 1.38 bits per heavy atom. The Morgan fingerprint density at radius 2 is 2.06 bits per heavy atom. The van der Waals surface area contributed by atoms with Crippen molar-refractivity contribution in [1.82, 2.24) is 10.4 Å². The number of carboxylic acid groups (broad SMARTS) is 2. The second-order valence-electron chi connectivity index (χ2n) is 6.08. The van der Waals surface area contributed by atoms with E-state index in [0.29, 0.717) is 28.4 Å². The van der Waals surface area contributed by atoms with Crippen LogP contribution in [0.15, 0.2) is 31.4 Å². The summed E-state index contributed by atoms with van der Waals surface area (Å²) in [5, 5.41) is 20.5. The van der Waals surface area contributed by atoms with Crippen LogP contribution in [0.3, 0.4) is 0 Å². The van der Waals surface area contributed by atoms with Crippen molar-refractivity contribution < 1.29 is 32.2 Å². The number of thiazole rings is 1. The maximum Gasteiger partial charge on any atom is 0.442 e. The lowest BCUT2D eigenvalue weighted by molar-refractivity contribution is -0.739. The first kappa shape index (κ1) is 25.2. The van der Waals surface area contributed by atoms with Gasteiger partial charge in [0.2, 0.25) is 11.1 Å². The molecule has 18 heteroatoms. The standard InChI is InChI=1S/C14H19N9O6S3/c1-23(18-2-3-30-5-7-6-31-14(19-7)21-12(15)16)10(8(11(26)27)4-9(24)25)20-13(17)22-32(23,28)29/h4,6,18H,2-3,5H2,1H3,(H7-,15,16,17,19,21,22,24,25,26,27)/p+1/b8-4+. The third kappa shape index (κ3) is 6.01. The number of hydrogen-bond acceptors (Lipinski definition) is 11. The van der Waals surface area contributed by atoms with Gasteiger partial charge in [-0.2, -0.15) is 21.7 Å². The van der Waals surface area contributed by atoms with E-state index in [4.69, 9.17) is 22.3 Å². The van der Waals surface area contributed by atoms with E-state index >= 15 is 0 Å². The van der Waals surface area contributed by atoms with E-state index in [1.165, 1.54) is 23.1 Å². The minimum Gasteiger partial charge on any atom is -0.478 e. The monoisotopic (exact) mass is 506 g/mol. The average molecular weight is 507 g/mol. The van der Waals surface area contributed by atoms with Crippen molar-refractivity contribution in [3.8, 4) is 0 Å². The van der Waals surface area contributed by atoms with Crippen molar-refractivity contribution in [2.45, 2.75) is 5.75 Å². The van der Waals surface area contributed by atoms with Crippen LogP contribution in [0.5, 0.6) is 0 Å². The van der Waals surface area contributed by atoms with E-state index in [2.05, 4.69) is 24.8 Å². The number of likely N-dealkylation sites (N-methyl/N-ethyl adjacent to an activating group) is 1. The summed E-state index contributed by atoms with van der Waals surface area (Å²) < 4.78 is 27.3. The van der Waals surface area contributed by atoms with Crippen LogP contribution in [0.4, 0.5) is 5.13 Å². The number of aliphatic imine (C=N–C) groups is 2. The van der Waals surface area contributed by atoms with Crippen LogP contribution in [0.2, 0.25) is 0 Å². The quantitative estimate of drug-likeness (QED) is 0.0683. The summed E-state index contributed by atoms with van der Waals surface area (Å²) in [7, 11) is -3.40. The van der Waals surface area contributed by atoms with E-state index in [1.54, 1.807) is 5.38 Å². The molecular formula is C14H20N9O6S3+. The molecule has 0 saturated heterocycles. The van der Waals surface area contributed by atoms with Gasteiger partial charge in [0.1, 0.15) is 7.05 Å². The molecule has 0 spiro atoms. The Bertz CT molecular complexity index is 1140. The highest BCUT2D eigenvalue weighted by molar-refractivity contribution is 7.98. The fraction of sp³-hybridized carbons (Fsp3) is 0.286. The molecule has 1 aliphatic rings. The second-order valence-corrected chi connectivity index (χ2v) is 9.83. The molecule has 0 aliphatic carbocycles. The van der Waals surface area contributed by atoms with Gasteiger partial charge in [-0.1, -0.05) is 8.40 Å². The Labute approximate surface area is 190 Å². The van der Waals surface area contributed by atoms with Gasteiger partial charge in [-0.3, -0.25) is 0 Å². The molecule has 9 N–H and O–H groups in total. The first-order valence-electron chi connectivity index (χ1n) is 8.47. The number of hydrogen-bond donors (Lipinski definition) is 6. The van der Waals surface area contributed by atoms with Gasteiger partial charge in [-0.15, -0.1) is 25.2 Å². The highest BCUT2D eigenvalue weighted by atomic mass is 32.2. The first-order chi connectivity index (χ1) is 14.9. The highest BCUT2D eigenvalue weighted by Gasteiger charge is 2.50. The molecular weight excluding hydrogens is 486 g/mol. The number of thioether (sulfide) groups is 1. The van der Waals surface area contributed by atoms with Crippen LogP contribution >= 0.6 is 23.1 Å². The van der Waals surface area contributed by atoms with Crippen molar-refractivity contribution in [3.63, 3.8) is 0 Å². The predicted molar refractivity (Wildman–Crippen MR) is 119 cm³/mol. The molecule has 0 fully saturated rings. The first-order valence-corrected chi connectivity index (χ1v) is 11.9. The number of aromatic nitrogens is 1. The van der Waals surface area contributed by atoms with Gasteiger partial charge in [0.15, 0.2) is 11.5 Å². The van der Waals surface area contributed by atoms with Crippen LogP contribution in [0.25, 0.3) is 0 Å². The zero-order valence-corrected chi connectivity index (χ0v) is 18.9. The van der Waals surface area contributed by atoms with Crippen molar-refractivity contribution in [1.29, 1.82) is 0 Å². The van der Waals surface area contributed by atoms with Gasteiger partial charge >= 0.3 is 22.1 Å². The number of rotatable bonds is 10. The number of nitrogens with two attached hydrogens (primary N) is 3. The third-order valence-electron chi connectivity index (χ3n) is 3.71. The summed E-state index contributed by atoms with van der Waals surface area (Å²) in [6, 6.07) is 0. The molecule has 2 rings (SSSR count). The zero-order chi connectivity index (χ0) is 24.1. The second kappa shape index (κ2) is 10.0. The molecule has 1 aromatic heterocycles. The predicted octanol–water partition coefficient (Wildman–Crippen LogP) is -1.70. The van der Waals surface area contributed by atoms with E-state index in [1.807, 2.05) is 0 Å². The normalized spacial score (nSPS) is 20.2. The highest BCUT2D eigenvalue weighted by Crippen LogP contribution is 2.23. The summed E-state index contributed by atoms with van der Waals surface area (Å²) >= 11 is 2.65. The van der Waals surface area contributed by atoms with Gasteiger partial charge in [-0.25, -0.2) is 14.6 Å². The fourth-order valence-electron chi connectivity index (χ4n) is 2.36. The molecule has 2 heterocycles. The molecule has 15 nitrogen and oxygen atoms in total. The largest absolute Gasteiger partial charge is 0.478 e. The topological polar surface area (TPSA) is 249 Å².